The summed E-state index contributed by atoms with van der Waals surface area (Å²) in [5.41, 5.74) is -0.134. The number of aromatic nitrogens is 2. The zero-order chi connectivity index (χ0) is 15.7. The minimum atomic E-state index is -4.51. The highest BCUT2D eigenvalue weighted by Crippen LogP contribution is 2.35. The summed E-state index contributed by atoms with van der Waals surface area (Å²) in [6, 6.07) is 6.66. The third-order valence-electron chi connectivity index (χ3n) is 3.94. The molecule has 0 radical (unpaired) electrons. The largest absolute Gasteiger partial charge is 0.437 e. The molecule has 1 aromatic heterocycles. The Morgan fingerprint density at radius 1 is 1.00 bits per heavy atom. The van der Waals surface area contributed by atoms with Crippen LogP contribution in [-0.2, 0) is 6.18 Å². The maximum Gasteiger partial charge on any atom is 0.437 e. The molecule has 1 aliphatic heterocycles. The highest BCUT2D eigenvalue weighted by atomic mass is 19.4. The Morgan fingerprint density at radius 2 is 1.59 bits per heavy atom. The van der Waals surface area contributed by atoms with Crippen LogP contribution in [-0.4, -0.2) is 47.6 Å². The molecule has 118 valence electrons. The van der Waals surface area contributed by atoms with E-state index in [1.807, 2.05) is 6.92 Å². The lowest BCUT2D eigenvalue weighted by molar-refractivity contribution is -0.140. The summed E-state index contributed by atoms with van der Waals surface area (Å²) in [4.78, 5) is 12.0. The van der Waals surface area contributed by atoms with E-state index in [1.165, 1.54) is 0 Å². The van der Waals surface area contributed by atoms with E-state index < -0.39 is 11.9 Å². The van der Waals surface area contributed by atoms with Crippen LogP contribution in [0.25, 0.3) is 11.0 Å². The second-order valence-corrected chi connectivity index (χ2v) is 5.30. The molecule has 0 amide bonds. The predicted octanol–water partition coefficient (Wildman–Crippen LogP) is 2.79. The number of halogens is 3. The molecule has 0 N–H and O–H groups in total. The predicted molar refractivity (Wildman–Crippen MR) is 78.9 cm³/mol. The van der Waals surface area contributed by atoms with Crippen molar-refractivity contribution in [1.82, 2.24) is 14.9 Å². The monoisotopic (exact) mass is 310 g/mol. The molecule has 2 heterocycles. The Kier molecular flexibility index (Phi) is 3.90. The van der Waals surface area contributed by atoms with E-state index in [2.05, 4.69) is 14.9 Å². The van der Waals surface area contributed by atoms with Gasteiger partial charge in [0, 0.05) is 26.2 Å². The molecule has 0 spiro atoms. The first kappa shape index (κ1) is 15.0. The topological polar surface area (TPSA) is 32.3 Å². The molecule has 1 aliphatic rings. The first-order valence-corrected chi connectivity index (χ1v) is 7.30. The second-order valence-electron chi connectivity index (χ2n) is 5.30. The van der Waals surface area contributed by atoms with Gasteiger partial charge >= 0.3 is 6.18 Å². The smallest absolute Gasteiger partial charge is 0.352 e. The first-order chi connectivity index (χ1) is 10.5. The van der Waals surface area contributed by atoms with Crippen LogP contribution in [0.15, 0.2) is 24.3 Å². The third-order valence-corrected chi connectivity index (χ3v) is 3.94. The van der Waals surface area contributed by atoms with Gasteiger partial charge in [-0.25, -0.2) is 9.97 Å². The van der Waals surface area contributed by atoms with Gasteiger partial charge in [-0.05, 0) is 18.7 Å². The van der Waals surface area contributed by atoms with Gasteiger partial charge in [0.2, 0.25) is 0 Å². The van der Waals surface area contributed by atoms with Gasteiger partial charge in [0.25, 0.3) is 0 Å². The van der Waals surface area contributed by atoms with Crippen LogP contribution in [0.1, 0.15) is 12.6 Å². The van der Waals surface area contributed by atoms with Crippen LogP contribution in [0.5, 0.6) is 0 Å². The molecule has 0 atom stereocenters. The van der Waals surface area contributed by atoms with Gasteiger partial charge < -0.3 is 9.80 Å². The molecule has 0 bridgehead atoms. The fourth-order valence-electron chi connectivity index (χ4n) is 2.68. The average Bonchev–Trinajstić information content (AvgIpc) is 2.53. The molecule has 1 saturated heterocycles. The Balaban J connectivity index is 2.03. The van der Waals surface area contributed by atoms with Crippen molar-refractivity contribution >= 4 is 16.9 Å². The van der Waals surface area contributed by atoms with Gasteiger partial charge in [-0.15, -0.1) is 0 Å². The maximum absolute atomic E-state index is 13.3. The molecule has 0 aliphatic carbocycles. The van der Waals surface area contributed by atoms with Crippen molar-refractivity contribution in [2.75, 3.05) is 37.6 Å². The zero-order valence-corrected chi connectivity index (χ0v) is 12.3. The number of anilines is 1. The van der Waals surface area contributed by atoms with Crippen LogP contribution in [0, 0.1) is 0 Å². The number of likely N-dealkylation sites (N-methyl/N-ethyl adjacent to an activating group) is 1. The summed E-state index contributed by atoms with van der Waals surface area (Å²) in [7, 11) is 0. The highest BCUT2D eigenvalue weighted by Gasteiger charge is 2.39. The first-order valence-electron chi connectivity index (χ1n) is 7.30. The number of nitrogens with zero attached hydrogens (tertiary/aromatic N) is 4. The Bertz CT molecular complexity index is 663. The Morgan fingerprint density at radius 3 is 2.14 bits per heavy atom. The summed E-state index contributed by atoms with van der Waals surface area (Å²) in [5.74, 6) is -0.0537. The summed E-state index contributed by atoms with van der Waals surface area (Å²) in [6.45, 7) is 5.49. The SMILES string of the molecule is CCN1CCN(c2nc3ccccc3nc2C(F)(F)F)CC1. The minimum absolute atomic E-state index is 0.0537. The highest BCUT2D eigenvalue weighted by molar-refractivity contribution is 5.76. The Hall–Kier alpha value is -1.89. The van der Waals surface area contributed by atoms with E-state index in [1.54, 1.807) is 29.2 Å². The third kappa shape index (κ3) is 2.85. The summed E-state index contributed by atoms with van der Waals surface area (Å²) in [6.07, 6.45) is -4.51. The van der Waals surface area contributed by atoms with E-state index in [-0.39, 0.29) is 11.3 Å². The van der Waals surface area contributed by atoms with Gasteiger partial charge in [0.05, 0.1) is 11.0 Å². The van der Waals surface area contributed by atoms with E-state index >= 15 is 0 Å². The molecule has 2 aromatic rings. The molecule has 1 aromatic carbocycles. The summed E-state index contributed by atoms with van der Waals surface area (Å²) >= 11 is 0. The maximum atomic E-state index is 13.3. The molecule has 1 fully saturated rings. The van der Waals surface area contributed by atoms with Crippen molar-refractivity contribution in [3.63, 3.8) is 0 Å². The van der Waals surface area contributed by atoms with E-state index in [0.717, 1.165) is 19.6 Å². The van der Waals surface area contributed by atoms with Crippen molar-refractivity contribution in [2.24, 2.45) is 0 Å². The van der Waals surface area contributed by atoms with Gasteiger partial charge in [-0.2, -0.15) is 13.2 Å². The van der Waals surface area contributed by atoms with Crippen molar-refractivity contribution < 1.29 is 13.2 Å². The molecule has 0 saturated carbocycles. The minimum Gasteiger partial charge on any atom is -0.352 e. The van der Waals surface area contributed by atoms with Crippen LogP contribution in [0.2, 0.25) is 0 Å². The van der Waals surface area contributed by atoms with E-state index in [0.29, 0.717) is 18.6 Å². The number of piperazine rings is 1. The number of hydrogen-bond acceptors (Lipinski definition) is 4. The molecule has 7 heteroatoms. The summed E-state index contributed by atoms with van der Waals surface area (Å²) < 4.78 is 40.0. The number of alkyl halides is 3. The van der Waals surface area contributed by atoms with Crippen molar-refractivity contribution in [2.45, 2.75) is 13.1 Å². The lowest BCUT2D eigenvalue weighted by Gasteiger charge is -2.35. The molecular weight excluding hydrogens is 293 g/mol. The normalized spacial score (nSPS) is 17.2. The summed E-state index contributed by atoms with van der Waals surface area (Å²) in [5, 5.41) is 0. The lowest BCUT2D eigenvalue weighted by atomic mass is 10.2. The fourth-order valence-corrected chi connectivity index (χ4v) is 2.68. The van der Waals surface area contributed by atoms with Crippen molar-refractivity contribution in [1.29, 1.82) is 0 Å². The standard InChI is InChI=1S/C15H17F3N4/c1-2-21-7-9-22(10-8-21)14-13(15(16,17)18)19-11-5-3-4-6-12(11)20-14/h3-6H,2,7-10H2,1H3. The van der Waals surface area contributed by atoms with Crippen molar-refractivity contribution in [3.05, 3.63) is 30.0 Å². The van der Waals surface area contributed by atoms with Crippen LogP contribution >= 0.6 is 0 Å². The van der Waals surface area contributed by atoms with Crippen molar-refractivity contribution in [3.8, 4) is 0 Å². The zero-order valence-electron chi connectivity index (χ0n) is 12.3. The van der Waals surface area contributed by atoms with Gasteiger partial charge in [0.1, 0.15) is 0 Å². The van der Waals surface area contributed by atoms with E-state index in [9.17, 15) is 13.2 Å². The van der Waals surface area contributed by atoms with Crippen LogP contribution in [0.4, 0.5) is 19.0 Å². The van der Waals surface area contributed by atoms with Gasteiger partial charge in [-0.3, -0.25) is 0 Å². The van der Waals surface area contributed by atoms with Crippen LogP contribution < -0.4 is 4.90 Å². The molecular formula is C15H17F3N4. The number of benzene rings is 1. The molecule has 22 heavy (non-hydrogen) atoms. The van der Waals surface area contributed by atoms with E-state index in [4.69, 9.17) is 0 Å². The lowest BCUT2D eigenvalue weighted by Crippen LogP contribution is -2.47. The second kappa shape index (κ2) is 5.72. The molecule has 4 nitrogen and oxygen atoms in total. The number of fused-ring (bicyclic) bond motifs is 1. The quantitative estimate of drug-likeness (QED) is 0.854. The molecule has 3 rings (SSSR count). The number of rotatable bonds is 2. The number of hydrogen-bond donors (Lipinski definition) is 0. The van der Waals surface area contributed by atoms with Gasteiger partial charge in [-0.1, -0.05) is 19.1 Å². The van der Waals surface area contributed by atoms with Gasteiger partial charge in [0.15, 0.2) is 11.5 Å². The average molecular weight is 310 g/mol. The van der Waals surface area contributed by atoms with Crippen LogP contribution in [0.3, 0.4) is 0 Å². The number of para-hydroxylation sites is 2. The Labute approximate surface area is 126 Å². The fraction of sp³-hybridized carbons (Fsp3) is 0.467. The molecule has 0 unspecified atom stereocenters.